The van der Waals surface area contributed by atoms with Crippen LogP contribution in [0.1, 0.15) is 47.5 Å². The molecule has 4 heteroatoms. The monoisotopic (exact) mass is 266 g/mol. The highest BCUT2D eigenvalue weighted by Crippen LogP contribution is 2.46. The molecule has 18 heavy (non-hydrogen) atoms. The van der Waals surface area contributed by atoms with E-state index < -0.39 is 0 Å². The number of carbonyl (C=O) groups is 1. The predicted molar refractivity (Wildman–Crippen MR) is 68.4 cm³/mol. The maximum absolute atomic E-state index is 11.8. The van der Waals surface area contributed by atoms with Gasteiger partial charge in [-0.3, -0.25) is 0 Å². The van der Waals surface area contributed by atoms with Gasteiger partial charge < -0.3 is 9.47 Å². The summed E-state index contributed by atoms with van der Waals surface area (Å²) in [4.78, 5) is 11.8. The van der Waals surface area contributed by atoms with Gasteiger partial charge in [0.2, 0.25) is 0 Å². The molecule has 3 rings (SSSR count). The third-order valence-corrected chi connectivity index (χ3v) is 4.06. The van der Waals surface area contributed by atoms with E-state index in [1.807, 2.05) is 6.07 Å². The second-order valence-electron chi connectivity index (χ2n) is 4.97. The highest BCUT2D eigenvalue weighted by molar-refractivity contribution is 6.31. The van der Waals surface area contributed by atoms with E-state index in [2.05, 4.69) is 0 Å². The fourth-order valence-corrected chi connectivity index (χ4v) is 3.24. The number of benzene rings is 1. The molecule has 2 bridgehead atoms. The Bertz CT molecular complexity index is 498. The topological polar surface area (TPSA) is 35.5 Å². The quantitative estimate of drug-likeness (QED) is 0.730. The van der Waals surface area contributed by atoms with E-state index in [-0.39, 0.29) is 12.1 Å². The van der Waals surface area contributed by atoms with Crippen molar-refractivity contribution in [1.82, 2.24) is 0 Å². The lowest BCUT2D eigenvalue weighted by atomic mass is 9.79. The molecule has 1 heterocycles. The number of ether oxygens (including phenoxy) is 2. The van der Waals surface area contributed by atoms with Crippen molar-refractivity contribution in [3.8, 4) is 5.75 Å². The van der Waals surface area contributed by atoms with Gasteiger partial charge in [0.25, 0.3) is 0 Å². The zero-order valence-corrected chi connectivity index (χ0v) is 11.0. The predicted octanol–water partition coefficient (Wildman–Crippen LogP) is 3.55. The van der Waals surface area contributed by atoms with Crippen molar-refractivity contribution in [3.63, 3.8) is 0 Å². The van der Waals surface area contributed by atoms with E-state index in [9.17, 15) is 4.79 Å². The molecule has 0 spiro atoms. The van der Waals surface area contributed by atoms with Gasteiger partial charge in [0.1, 0.15) is 11.3 Å². The number of fused-ring (bicyclic) bond motifs is 4. The molecule has 2 atom stereocenters. The van der Waals surface area contributed by atoms with Crippen LogP contribution in [0.4, 0.5) is 0 Å². The first-order valence-electron chi connectivity index (χ1n) is 6.27. The summed E-state index contributed by atoms with van der Waals surface area (Å²) in [6.07, 6.45) is 4.66. The van der Waals surface area contributed by atoms with Gasteiger partial charge in [-0.05, 0) is 49.3 Å². The molecule has 0 amide bonds. The molecule has 0 N–H and O–H groups in total. The minimum Gasteiger partial charge on any atom is -0.489 e. The van der Waals surface area contributed by atoms with Crippen LogP contribution in [0.25, 0.3) is 0 Å². The molecule has 0 radical (unpaired) electrons. The van der Waals surface area contributed by atoms with Crippen LogP contribution in [-0.4, -0.2) is 19.2 Å². The van der Waals surface area contributed by atoms with Crippen molar-refractivity contribution in [1.29, 1.82) is 0 Å². The number of esters is 1. The maximum Gasteiger partial charge on any atom is 0.341 e. The summed E-state index contributed by atoms with van der Waals surface area (Å²) < 4.78 is 10.8. The SMILES string of the molecule is COC(=O)c1cc(Cl)cc2c1OC1CCCC2C1. The Hall–Kier alpha value is -1.22. The first kappa shape index (κ1) is 11.8. The van der Waals surface area contributed by atoms with Crippen molar-refractivity contribution in [2.24, 2.45) is 0 Å². The lowest BCUT2D eigenvalue weighted by Crippen LogP contribution is -2.30. The molecule has 96 valence electrons. The van der Waals surface area contributed by atoms with Crippen molar-refractivity contribution < 1.29 is 14.3 Å². The Morgan fingerprint density at radius 3 is 3.06 bits per heavy atom. The molecule has 1 aromatic carbocycles. The molecular formula is C14H15ClO3. The first-order chi connectivity index (χ1) is 8.69. The van der Waals surface area contributed by atoms with Crippen molar-refractivity contribution >= 4 is 17.6 Å². The molecule has 0 aromatic heterocycles. The third kappa shape index (κ3) is 1.87. The van der Waals surface area contributed by atoms with E-state index in [4.69, 9.17) is 21.1 Å². The summed E-state index contributed by atoms with van der Waals surface area (Å²) in [6, 6.07) is 3.56. The Kier molecular flexibility index (Phi) is 2.94. The van der Waals surface area contributed by atoms with Gasteiger partial charge >= 0.3 is 5.97 Å². The number of carbonyl (C=O) groups excluding carboxylic acids is 1. The fourth-order valence-electron chi connectivity index (χ4n) is 3.01. The molecule has 1 aliphatic heterocycles. The summed E-state index contributed by atoms with van der Waals surface area (Å²) in [5, 5.41) is 0.571. The van der Waals surface area contributed by atoms with Gasteiger partial charge in [0.15, 0.2) is 0 Å². The van der Waals surface area contributed by atoms with Gasteiger partial charge in [0, 0.05) is 5.02 Å². The van der Waals surface area contributed by atoms with Crippen LogP contribution in [0.2, 0.25) is 5.02 Å². The van der Waals surface area contributed by atoms with Gasteiger partial charge in [-0.25, -0.2) is 4.79 Å². The fraction of sp³-hybridized carbons (Fsp3) is 0.500. The molecule has 1 fully saturated rings. The maximum atomic E-state index is 11.8. The minimum absolute atomic E-state index is 0.237. The summed E-state index contributed by atoms with van der Waals surface area (Å²) >= 11 is 6.10. The van der Waals surface area contributed by atoms with Crippen LogP contribution >= 0.6 is 11.6 Å². The van der Waals surface area contributed by atoms with Crippen LogP contribution < -0.4 is 4.74 Å². The molecular weight excluding hydrogens is 252 g/mol. The van der Waals surface area contributed by atoms with Gasteiger partial charge in [-0.1, -0.05) is 11.6 Å². The highest BCUT2D eigenvalue weighted by Gasteiger charge is 2.34. The van der Waals surface area contributed by atoms with Crippen LogP contribution in [0.3, 0.4) is 0 Å². The normalized spacial score (nSPS) is 25.0. The summed E-state index contributed by atoms with van der Waals surface area (Å²) in [5.41, 5.74) is 1.52. The Labute approximate surface area is 111 Å². The average molecular weight is 267 g/mol. The van der Waals surface area contributed by atoms with Crippen molar-refractivity contribution in [2.75, 3.05) is 7.11 Å². The van der Waals surface area contributed by atoms with Gasteiger partial charge in [-0.15, -0.1) is 0 Å². The standard InChI is InChI=1S/C14H15ClO3/c1-17-14(16)12-7-9(15)6-11-8-3-2-4-10(5-8)18-13(11)12/h6-8,10H,2-5H2,1H3. The van der Waals surface area contributed by atoms with Crippen LogP contribution in [0.5, 0.6) is 5.75 Å². The summed E-state index contributed by atoms with van der Waals surface area (Å²) in [6.45, 7) is 0. The zero-order valence-electron chi connectivity index (χ0n) is 10.2. The molecule has 1 aliphatic carbocycles. The second-order valence-corrected chi connectivity index (χ2v) is 5.40. The highest BCUT2D eigenvalue weighted by atomic mass is 35.5. The first-order valence-corrected chi connectivity index (χ1v) is 6.65. The van der Waals surface area contributed by atoms with Crippen molar-refractivity contribution in [3.05, 3.63) is 28.3 Å². The summed E-state index contributed by atoms with van der Waals surface area (Å²) in [7, 11) is 1.37. The molecule has 3 nitrogen and oxygen atoms in total. The number of rotatable bonds is 1. The third-order valence-electron chi connectivity index (χ3n) is 3.84. The van der Waals surface area contributed by atoms with E-state index >= 15 is 0 Å². The number of methoxy groups -OCH3 is 1. The zero-order chi connectivity index (χ0) is 12.7. The molecule has 1 saturated carbocycles. The van der Waals surface area contributed by atoms with E-state index in [1.165, 1.54) is 13.5 Å². The lowest BCUT2D eigenvalue weighted by molar-refractivity contribution is 0.0582. The second kappa shape index (κ2) is 4.47. The van der Waals surface area contributed by atoms with E-state index in [0.29, 0.717) is 22.3 Å². The van der Waals surface area contributed by atoms with Crippen molar-refractivity contribution in [2.45, 2.75) is 37.7 Å². The minimum atomic E-state index is -0.381. The molecule has 2 aliphatic rings. The summed E-state index contributed by atoms with van der Waals surface area (Å²) in [5.74, 6) is 0.774. The molecule has 2 unspecified atom stereocenters. The number of hydrogen-bond acceptors (Lipinski definition) is 3. The Morgan fingerprint density at radius 1 is 1.44 bits per heavy atom. The van der Waals surface area contributed by atoms with E-state index in [0.717, 1.165) is 24.8 Å². The smallest absolute Gasteiger partial charge is 0.341 e. The molecule has 0 saturated heterocycles. The number of hydrogen-bond donors (Lipinski definition) is 0. The largest absolute Gasteiger partial charge is 0.489 e. The molecule has 1 aromatic rings. The van der Waals surface area contributed by atoms with Crippen LogP contribution in [0.15, 0.2) is 12.1 Å². The lowest BCUT2D eigenvalue weighted by Gasteiger charge is -2.37. The number of halogens is 1. The Morgan fingerprint density at radius 2 is 2.28 bits per heavy atom. The average Bonchev–Trinajstić information content (AvgIpc) is 2.39. The van der Waals surface area contributed by atoms with Gasteiger partial charge in [-0.2, -0.15) is 0 Å². The van der Waals surface area contributed by atoms with Crippen LogP contribution in [0, 0.1) is 0 Å². The van der Waals surface area contributed by atoms with E-state index in [1.54, 1.807) is 6.07 Å². The Balaban J connectivity index is 2.13. The van der Waals surface area contributed by atoms with Gasteiger partial charge in [0.05, 0.1) is 13.2 Å². The van der Waals surface area contributed by atoms with Crippen LogP contribution in [-0.2, 0) is 4.74 Å².